The summed E-state index contributed by atoms with van der Waals surface area (Å²) in [4.78, 5) is 1.65. The van der Waals surface area contributed by atoms with Gasteiger partial charge in [-0.3, -0.25) is 5.43 Å². The second kappa shape index (κ2) is 9.56. The van der Waals surface area contributed by atoms with E-state index in [2.05, 4.69) is 28.1 Å². The molecule has 11 heteroatoms. The van der Waals surface area contributed by atoms with Crippen LogP contribution >= 0.6 is 12.2 Å². The smallest absolute Gasteiger partial charge is 0.375 e. The van der Waals surface area contributed by atoms with Crippen molar-refractivity contribution < 1.29 is 22.0 Å². The second-order valence-electron chi connectivity index (χ2n) is 7.03. The average Bonchev–Trinajstić information content (AvgIpc) is 3.16. The monoisotopic (exact) mass is 457 g/mol. The average molecular weight is 457 g/mol. The zero-order valence-corrected chi connectivity index (χ0v) is 17.0. The van der Waals surface area contributed by atoms with E-state index in [1.807, 2.05) is 0 Å². The highest BCUT2D eigenvalue weighted by Crippen LogP contribution is 2.32. The molecule has 0 spiro atoms. The van der Waals surface area contributed by atoms with Crippen LogP contribution in [0.25, 0.3) is 0 Å². The molecular weight excluding hydrogens is 437 g/mol. The van der Waals surface area contributed by atoms with Gasteiger partial charge in [0.1, 0.15) is 11.6 Å². The number of rotatable bonds is 6. The van der Waals surface area contributed by atoms with E-state index >= 15 is 0 Å². The molecule has 5 nitrogen and oxygen atoms in total. The number of hydrogen-bond donors (Lipinski definition) is 3. The minimum Gasteiger partial charge on any atom is -0.375 e. The second-order valence-corrected chi connectivity index (χ2v) is 7.47. The fourth-order valence-corrected chi connectivity index (χ4v) is 3.46. The summed E-state index contributed by atoms with van der Waals surface area (Å²) in [6.45, 7) is 0.794. The molecule has 2 aromatic carbocycles. The minimum absolute atomic E-state index is 0.0242. The standard InChI is InChI=1S/C20H20F5N5S/c21-16-8-18(17(22)7-13(16)10-28-29-19(26)31)30-6-5-14(11-30)27-9-12-3-1-2-4-15(12)20(23,24)25/h1-4,7-8,10,14,27H,5-6,9,11H2,(H3,26,29,31)/b28-10+. The molecule has 1 unspecified atom stereocenters. The molecule has 1 atom stereocenters. The largest absolute Gasteiger partial charge is 0.416 e. The molecule has 31 heavy (non-hydrogen) atoms. The molecule has 1 fully saturated rings. The Morgan fingerprint density at radius 2 is 1.97 bits per heavy atom. The number of thiocarbonyl (C=S) groups is 1. The first-order valence-electron chi connectivity index (χ1n) is 9.36. The van der Waals surface area contributed by atoms with Crippen LogP contribution in [0, 0.1) is 11.6 Å². The van der Waals surface area contributed by atoms with Crippen LogP contribution in [0.5, 0.6) is 0 Å². The van der Waals surface area contributed by atoms with Gasteiger partial charge in [-0.05, 0) is 36.3 Å². The van der Waals surface area contributed by atoms with Crippen molar-refractivity contribution in [1.82, 2.24) is 10.7 Å². The summed E-state index contributed by atoms with van der Waals surface area (Å²) in [5, 5.41) is 6.58. The lowest BCUT2D eigenvalue weighted by molar-refractivity contribution is -0.138. The van der Waals surface area contributed by atoms with E-state index in [1.165, 1.54) is 12.1 Å². The molecule has 0 aromatic heterocycles. The van der Waals surface area contributed by atoms with Crippen molar-refractivity contribution in [2.24, 2.45) is 10.8 Å². The summed E-state index contributed by atoms with van der Waals surface area (Å²) >= 11 is 4.57. The van der Waals surface area contributed by atoms with Gasteiger partial charge in [0.25, 0.3) is 0 Å². The number of halogens is 5. The van der Waals surface area contributed by atoms with Gasteiger partial charge < -0.3 is 16.0 Å². The molecule has 1 heterocycles. The molecular formula is C20H20F5N5S. The van der Waals surface area contributed by atoms with Gasteiger partial charge in [-0.1, -0.05) is 18.2 Å². The zero-order valence-electron chi connectivity index (χ0n) is 16.2. The molecule has 4 N–H and O–H groups in total. The van der Waals surface area contributed by atoms with E-state index < -0.39 is 23.4 Å². The maximum absolute atomic E-state index is 14.5. The van der Waals surface area contributed by atoms with Gasteiger partial charge in [-0.15, -0.1) is 0 Å². The van der Waals surface area contributed by atoms with Crippen molar-refractivity contribution in [2.75, 3.05) is 18.0 Å². The van der Waals surface area contributed by atoms with Crippen LogP contribution in [0.1, 0.15) is 23.1 Å². The fourth-order valence-electron chi connectivity index (χ4n) is 3.41. The molecule has 0 saturated carbocycles. The van der Waals surface area contributed by atoms with Crippen LogP contribution in [0.4, 0.5) is 27.6 Å². The quantitative estimate of drug-likeness (QED) is 0.268. The topological polar surface area (TPSA) is 65.7 Å². The Labute approximate surface area is 181 Å². The summed E-state index contributed by atoms with van der Waals surface area (Å²) in [5.41, 5.74) is 6.91. The number of nitrogens with zero attached hydrogens (tertiary/aromatic N) is 2. The molecule has 1 aliphatic rings. The Morgan fingerprint density at radius 3 is 2.68 bits per heavy atom. The van der Waals surface area contributed by atoms with Gasteiger partial charge in [-0.25, -0.2) is 8.78 Å². The first kappa shape index (κ1) is 22.9. The van der Waals surface area contributed by atoms with Crippen LogP contribution in [0.2, 0.25) is 0 Å². The molecule has 166 valence electrons. The lowest BCUT2D eigenvalue weighted by Gasteiger charge is -2.21. The van der Waals surface area contributed by atoms with E-state index in [0.717, 1.165) is 24.4 Å². The minimum atomic E-state index is -4.43. The number of hydrogen-bond acceptors (Lipinski definition) is 4. The Kier molecular flexibility index (Phi) is 7.06. The molecule has 0 amide bonds. The molecule has 3 rings (SSSR count). The van der Waals surface area contributed by atoms with Crippen LogP contribution < -0.4 is 21.4 Å². The normalized spacial score (nSPS) is 16.8. The SMILES string of the molecule is NC(=S)N/N=C/c1cc(F)c(N2CCC(NCc3ccccc3C(F)(F)F)C2)cc1F. The van der Waals surface area contributed by atoms with Crippen molar-refractivity contribution in [2.45, 2.75) is 25.2 Å². The van der Waals surface area contributed by atoms with Crippen LogP contribution in [0.3, 0.4) is 0 Å². The van der Waals surface area contributed by atoms with Gasteiger partial charge in [0, 0.05) is 37.3 Å². The molecule has 1 aliphatic heterocycles. The third-order valence-electron chi connectivity index (χ3n) is 4.88. The van der Waals surface area contributed by atoms with E-state index in [0.29, 0.717) is 19.5 Å². The van der Waals surface area contributed by atoms with E-state index in [4.69, 9.17) is 5.73 Å². The highest BCUT2D eigenvalue weighted by atomic mass is 32.1. The zero-order chi connectivity index (χ0) is 22.6. The lowest BCUT2D eigenvalue weighted by atomic mass is 10.1. The fraction of sp³-hybridized carbons (Fsp3) is 0.300. The molecule has 2 aromatic rings. The van der Waals surface area contributed by atoms with E-state index in [1.54, 1.807) is 11.0 Å². The van der Waals surface area contributed by atoms with Crippen molar-refractivity contribution in [1.29, 1.82) is 0 Å². The van der Waals surface area contributed by atoms with Crippen LogP contribution in [0.15, 0.2) is 41.5 Å². The molecule has 0 radical (unpaired) electrons. The number of anilines is 1. The van der Waals surface area contributed by atoms with Crippen molar-refractivity contribution in [3.05, 3.63) is 64.7 Å². The third-order valence-corrected chi connectivity index (χ3v) is 4.97. The predicted octanol–water partition coefficient (Wildman–Crippen LogP) is 3.52. The summed E-state index contributed by atoms with van der Waals surface area (Å²) in [6.07, 6.45) is -2.79. The number of benzene rings is 2. The van der Waals surface area contributed by atoms with Gasteiger partial charge in [0.05, 0.1) is 17.5 Å². The first-order chi connectivity index (χ1) is 14.6. The van der Waals surface area contributed by atoms with Gasteiger partial charge in [-0.2, -0.15) is 18.3 Å². The maximum Gasteiger partial charge on any atom is 0.416 e. The van der Waals surface area contributed by atoms with Gasteiger partial charge in [0.15, 0.2) is 5.11 Å². The number of alkyl halides is 3. The first-order valence-corrected chi connectivity index (χ1v) is 9.77. The molecule has 0 aliphatic carbocycles. The summed E-state index contributed by atoms with van der Waals surface area (Å²) in [6, 6.07) is 7.26. The Bertz CT molecular complexity index is 979. The Morgan fingerprint density at radius 1 is 1.23 bits per heavy atom. The summed E-state index contributed by atoms with van der Waals surface area (Å²) in [5.74, 6) is -1.32. The number of nitrogens with two attached hydrogens (primary N) is 1. The Balaban J connectivity index is 1.64. The molecule has 1 saturated heterocycles. The van der Waals surface area contributed by atoms with E-state index in [-0.39, 0.29) is 34.5 Å². The molecule has 0 bridgehead atoms. The van der Waals surface area contributed by atoms with Gasteiger partial charge >= 0.3 is 6.18 Å². The number of hydrazone groups is 1. The summed E-state index contributed by atoms with van der Waals surface area (Å²) < 4.78 is 68.3. The lowest BCUT2D eigenvalue weighted by Crippen LogP contribution is -2.33. The van der Waals surface area contributed by atoms with Crippen LogP contribution in [-0.4, -0.2) is 30.5 Å². The van der Waals surface area contributed by atoms with Crippen molar-refractivity contribution in [3.63, 3.8) is 0 Å². The van der Waals surface area contributed by atoms with E-state index in [9.17, 15) is 22.0 Å². The highest BCUT2D eigenvalue weighted by molar-refractivity contribution is 7.80. The number of nitrogens with one attached hydrogen (secondary N) is 2. The van der Waals surface area contributed by atoms with Crippen molar-refractivity contribution in [3.8, 4) is 0 Å². The van der Waals surface area contributed by atoms with Gasteiger partial charge in [0.2, 0.25) is 0 Å². The highest BCUT2D eigenvalue weighted by Gasteiger charge is 2.33. The van der Waals surface area contributed by atoms with Crippen LogP contribution in [-0.2, 0) is 12.7 Å². The van der Waals surface area contributed by atoms with Crippen molar-refractivity contribution >= 4 is 29.2 Å². The maximum atomic E-state index is 14.5. The Hall–Kier alpha value is -2.79. The predicted molar refractivity (Wildman–Crippen MR) is 113 cm³/mol. The third kappa shape index (κ3) is 5.88. The summed E-state index contributed by atoms with van der Waals surface area (Å²) in [7, 11) is 0.